The highest BCUT2D eigenvalue weighted by molar-refractivity contribution is 14.1. The molecular weight excluding hydrogens is 382 g/mol. The molecule has 0 fully saturated rings. The first-order valence-corrected chi connectivity index (χ1v) is 5.48. The summed E-state index contributed by atoms with van der Waals surface area (Å²) in [6, 6.07) is 1.58. The molecule has 12 heavy (non-hydrogen) atoms. The third-order valence-corrected chi connectivity index (χ3v) is 2.75. The molecule has 0 saturated carbocycles. The van der Waals surface area contributed by atoms with Crippen LogP contribution in [0.1, 0.15) is 18.7 Å². The van der Waals surface area contributed by atoms with Crippen LogP contribution in [-0.2, 0) is 0 Å². The zero-order valence-electron chi connectivity index (χ0n) is 6.38. The minimum absolute atomic E-state index is 0.200. The molecule has 0 radical (unpaired) electrons. The van der Waals surface area contributed by atoms with E-state index in [0.717, 1.165) is 7.27 Å². The molecule has 0 spiro atoms. The molecule has 1 aromatic heterocycles. The smallest absolute Gasteiger partial charge is 0.152 e. The fourth-order valence-electron chi connectivity index (χ4n) is 0.813. The van der Waals surface area contributed by atoms with Crippen LogP contribution in [0.4, 0.5) is 0 Å². The normalized spacial score (nSPS) is 13.0. The molecule has 5 heteroatoms. The van der Waals surface area contributed by atoms with Gasteiger partial charge >= 0.3 is 0 Å². The Morgan fingerprint density at radius 2 is 2.17 bits per heavy atom. The number of aromatic nitrogens is 1. The predicted octanol–water partition coefficient (Wildman–Crippen LogP) is 2.02. The van der Waals surface area contributed by atoms with Crippen molar-refractivity contribution in [1.82, 2.24) is 4.98 Å². The van der Waals surface area contributed by atoms with Crippen LogP contribution in [0.3, 0.4) is 0 Å². The van der Waals surface area contributed by atoms with E-state index in [9.17, 15) is 5.11 Å². The topological polar surface area (TPSA) is 59.1 Å². The first kappa shape index (κ1) is 10.5. The van der Waals surface area contributed by atoms with E-state index < -0.39 is 0 Å². The Kier molecular flexibility index (Phi) is 3.53. The van der Waals surface area contributed by atoms with Gasteiger partial charge < -0.3 is 10.8 Å². The molecule has 1 heterocycles. The Bertz CT molecular complexity index is 302. The van der Waals surface area contributed by atoms with Crippen LogP contribution in [-0.4, -0.2) is 10.1 Å². The third-order valence-electron chi connectivity index (χ3n) is 1.37. The molecule has 3 N–H and O–H groups in total. The lowest BCUT2D eigenvalue weighted by molar-refractivity contribution is 0.454. The molecule has 3 nitrogen and oxygen atoms in total. The summed E-state index contributed by atoms with van der Waals surface area (Å²) in [4.78, 5) is 4.14. The molecule has 1 rings (SSSR count). The van der Waals surface area contributed by atoms with Crippen molar-refractivity contribution in [1.29, 1.82) is 0 Å². The predicted molar refractivity (Wildman–Crippen MR) is 63.9 cm³/mol. The molecule has 1 aromatic rings. The lowest BCUT2D eigenvalue weighted by Gasteiger charge is -2.08. The SMILES string of the molecule is CC(N)c1nc(I)cc(I)c1O. The molecule has 0 amide bonds. The van der Waals surface area contributed by atoms with E-state index in [1.165, 1.54) is 0 Å². The van der Waals surface area contributed by atoms with Gasteiger partial charge in [-0.05, 0) is 58.2 Å². The van der Waals surface area contributed by atoms with Crippen molar-refractivity contribution in [2.45, 2.75) is 13.0 Å². The number of halogens is 2. The van der Waals surface area contributed by atoms with E-state index in [1.807, 2.05) is 6.07 Å². The molecule has 0 aliphatic carbocycles. The summed E-state index contributed by atoms with van der Waals surface area (Å²) in [6.07, 6.45) is 0. The van der Waals surface area contributed by atoms with E-state index in [2.05, 4.69) is 50.2 Å². The summed E-state index contributed by atoms with van der Waals surface area (Å²) in [5.41, 5.74) is 6.18. The molecule has 0 aliphatic heterocycles. The minimum Gasteiger partial charge on any atom is -0.505 e. The zero-order chi connectivity index (χ0) is 9.30. The highest BCUT2D eigenvalue weighted by Gasteiger charge is 2.11. The average molecular weight is 390 g/mol. The first-order valence-electron chi connectivity index (χ1n) is 3.33. The second-order valence-corrected chi connectivity index (χ2v) is 4.72. The number of nitrogens with two attached hydrogens (primary N) is 1. The number of nitrogens with zero attached hydrogens (tertiary/aromatic N) is 1. The largest absolute Gasteiger partial charge is 0.505 e. The summed E-state index contributed by atoms with van der Waals surface area (Å²) in [7, 11) is 0. The molecular formula is C7H8I2N2O. The molecule has 0 saturated heterocycles. The lowest BCUT2D eigenvalue weighted by atomic mass is 10.2. The monoisotopic (exact) mass is 390 g/mol. The Hall–Kier alpha value is 0.370. The zero-order valence-corrected chi connectivity index (χ0v) is 10.7. The summed E-state index contributed by atoms with van der Waals surface area (Å²) in [6.45, 7) is 1.80. The second kappa shape index (κ2) is 4.05. The summed E-state index contributed by atoms with van der Waals surface area (Å²) in [5, 5.41) is 9.54. The fourth-order valence-corrected chi connectivity index (χ4v) is 2.55. The van der Waals surface area contributed by atoms with E-state index in [1.54, 1.807) is 6.92 Å². The second-order valence-electron chi connectivity index (χ2n) is 2.45. The van der Waals surface area contributed by atoms with Crippen molar-refractivity contribution in [2.24, 2.45) is 5.73 Å². The van der Waals surface area contributed by atoms with Crippen LogP contribution in [0, 0.1) is 7.27 Å². The molecule has 0 aromatic carbocycles. The van der Waals surface area contributed by atoms with Crippen LogP contribution in [0.25, 0.3) is 0 Å². The van der Waals surface area contributed by atoms with Crippen LogP contribution in [0.5, 0.6) is 5.75 Å². The van der Waals surface area contributed by atoms with E-state index in [4.69, 9.17) is 5.73 Å². The van der Waals surface area contributed by atoms with Crippen LogP contribution in [0.15, 0.2) is 6.07 Å². The van der Waals surface area contributed by atoms with Gasteiger partial charge in [-0.3, -0.25) is 0 Å². The van der Waals surface area contributed by atoms with Crippen molar-refractivity contribution in [3.8, 4) is 5.75 Å². The van der Waals surface area contributed by atoms with Crippen molar-refractivity contribution >= 4 is 45.2 Å². The summed E-state index contributed by atoms with van der Waals surface area (Å²) < 4.78 is 1.64. The Balaban J connectivity index is 3.28. The maximum atomic E-state index is 9.54. The maximum absolute atomic E-state index is 9.54. The summed E-state index contributed by atoms with van der Waals surface area (Å²) in [5.74, 6) is 0.200. The minimum atomic E-state index is -0.228. The Morgan fingerprint density at radius 3 is 2.67 bits per heavy atom. The number of hydrogen-bond donors (Lipinski definition) is 2. The van der Waals surface area contributed by atoms with Crippen molar-refractivity contribution in [3.63, 3.8) is 0 Å². The van der Waals surface area contributed by atoms with Crippen molar-refractivity contribution < 1.29 is 5.11 Å². The quantitative estimate of drug-likeness (QED) is 0.570. The van der Waals surface area contributed by atoms with E-state index >= 15 is 0 Å². The average Bonchev–Trinajstić information content (AvgIpc) is 1.96. The van der Waals surface area contributed by atoms with E-state index in [0.29, 0.717) is 5.69 Å². The molecule has 1 atom stereocenters. The van der Waals surface area contributed by atoms with Gasteiger partial charge in [0, 0.05) is 6.04 Å². The fraction of sp³-hybridized carbons (Fsp3) is 0.286. The summed E-state index contributed by atoms with van der Waals surface area (Å²) >= 11 is 4.16. The molecule has 0 bridgehead atoms. The Labute approximate surface area is 98.0 Å². The maximum Gasteiger partial charge on any atom is 0.152 e. The van der Waals surface area contributed by atoms with Gasteiger partial charge in [0.25, 0.3) is 0 Å². The van der Waals surface area contributed by atoms with Gasteiger partial charge in [-0.15, -0.1) is 0 Å². The van der Waals surface area contributed by atoms with Crippen molar-refractivity contribution in [3.05, 3.63) is 19.0 Å². The van der Waals surface area contributed by atoms with Gasteiger partial charge in [-0.2, -0.15) is 0 Å². The van der Waals surface area contributed by atoms with Crippen LogP contribution < -0.4 is 5.73 Å². The van der Waals surface area contributed by atoms with Crippen LogP contribution in [0.2, 0.25) is 0 Å². The number of aromatic hydroxyl groups is 1. The van der Waals surface area contributed by atoms with Gasteiger partial charge in [-0.1, -0.05) is 0 Å². The highest BCUT2D eigenvalue weighted by Crippen LogP contribution is 2.27. The lowest BCUT2D eigenvalue weighted by Crippen LogP contribution is -2.09. The van der Waals surface area contributed by atoms with E-state index in [-0.39, 0.29) is 11.8 Å². The number of pyridine rings is 1. The molecule has 66 valence electrons. The van der Waals surface area contributed by atoms with Crippen LogP contribution >= 0.6 is 45.2 Å². The standard InChI is InChI=1S/C7H8I2N2O/c1-3(10)6-7(12)4(8)2-5(9)11-6/h2-3,12H,10H2,1H3. The van der Waals surface area contributed by atoms with Gasteiger partial charge in [-0.25, -0.2) is 4.98 Å². The van der Waals surface area contributed by atoms with Gasteiger partial charge in [0.15, 0.2) is 5.75 Å². The first-order chi connectivity index (χ1) is 5.52. The third kappa shape index (κ3) is 2.19. The number of rotatable bonds is 1. The van der Waals surface area contributed by atoms with Gasteiger partial charge in [0.2, 0.25) is 0 Å². The molecule has 0 aliphatic rings. The van der Waals surface area contributed by atoms with Crippen molar-refractivity contribution in [2.75, 3.05) is 0 Å². The number of hydrogen-bond acceptors (Lipinski definition) is 3. The van der Waals surface area contributed by atoms with Gasteiger partial charge in [0.1, 0.15) is 9.39 Å². The highest BCUT2D eigenvalue weighted by atomic mass is 127. The van der Waals surface area contributed by atoms with Gasteiger partial charge in [0.05, 0.1) is 3.57 Å². The molecule has 1 unspecified atom stereocenters. The Morgan fingerprint density at radius 1 is 1.58 bits per heavy atom.